The summed E-state index contributed by atoms with van der Waals surface area (Å²) in [7, 11) is 4.28. The van der Waals surface area contributed by atoms with Gasteiger partial charge in [0.05, 0.1) is 22.7 Å². The van der Waals surface area contributed by atoms with Gasteiger partial charge in [-0.3, -0.25) is 0 Å². The molecule has 4 heteroatoms. The van der Waals surface area contributed by atoms with Gasteiger partial charge in [-0.2, -0.15) is 0 Å². The molecule has 0 fully saturated rings. The van der Waals surface area contributed by atoms with Crippen LogP contribution in [0.1, 0.15) is 95.9 Å². The van der Waals surface area contributed by atoms with E-state index < -0.39 is 0 Å². The fraction of sp³-hybridized carbons (Fsp3) is 0.283. The van der Waals surface area contributed by atoms with E-state index in [0.29, 0.717) is 5.92 Å². The number of nitrogens with zero attached hydrogens (tertiary/aromatic N) is 2. The predicted molar refractivity (Wildman–Crippen MR) is 241 cm³/mol. The van der Waals surface area contributed by atoms with Crippen LogP contribution in [0, 0.1) is 0 Å². The normalized spacial score (nSPS) is 14.9. The molecular weight excluding hydrogens is 697 g/mol. The quantitative estimate of drug-likeness (QED) is 0.164. The number of rotatable bonds is 5. The summed E-state index contributed by atoms with van der Waals surface area (Å²) >= 11 is 0. The monoisotopic (exact) mass is 750 g/mol. The Morgan fingerprint density at radius 1 is 0.596 bits per heavy atom. The lowest BCUT2D eigenvalue weighted by molar-refractivity contribution is 0.455. The van der Waals surface area contributed by atoms with E-state index in [9.17, 15) is 0 Å². The minimum absolute atomic E-state index is 0.0145. The van der Waals surface area contributed by atoms with Crippen LogP contribution in [0.15, 0.2) is 121 Å². The van der Waals surface area contributed by atoms with E-state index in [1.807, 2.05) is 0 Å². The molecule has 0 spiro atoms. The molecule has 7 aromatic carbocycles. The Labute approximate surface area is 338 Å². The van der Waals surface area contributed by atoms with Crippen LogP contribution in [-0.2, 0) is 10.8 Å². The summed E-state index contributed by atoms with van der Waals surface area (Å²) in [5.41, 5.74) is 12.6. The molecule has 0 aromatic heterocycles. The van der Waals surface area contributed by atoms with Crippen molar-refractivity contribution in [2.45, 2.75) is 84.5 Å². The molecular formula is C53H54N2O2. The first-order chi connectivity index (χ1) is 27.4. The molecule has 0 saturated heterocycles. The number of ether oxygens (including phenoxy) is 2. The van der Waals surface area contributed by atoms with Crippen molar-refractivity contribution in [1.82, 2.24) is 0 Å². The summed E-state index contributed by atoms with van der Waals surface area (Å²) in [6.07, 6.45) is 3.43. The van der Waals surface area contributed by atoms with Crippen LogP contribution in [0.4, 0.5) is 22.7 Å². The van der Waals surface area contributed by atoms with Crippen molar-refractivity contribution in [2.24, 2.45) is 0 Å². The lowest BCUT2D eigenvalue weighted by Crippen LogP contribution is -2.19. The summed E-state index contributed by atoms with van der Waals surface area (Å²) < 4.78 is 13.2. The zero-order valence-corrected chi connectivity index (χ0v) is 35.0. The van der Waals surface area contributed by atoms with Gasteiger partial charge in [-0.25, -0.2) is 0 Å². The molecule has 7 aromatic rings. The molecule has 0 radical (unpaired) electrons. The van der Waals surface area contributed by atoms with E-state index in [0.717, 1.165) is 58.6 Å². The number of fused-ring (bicyclic) bond motifs is 10. The van der Waals surface area contributed by atoms with Crippen molar-refractivity contribution in [3.63, 3.8) is 0 Å². The number of hydrogen-bond acceptors (Lipinski definition) is 4. The Hall–Kier alpha value is -5.74. The maximum Gasteiger partial charge on any atom is 0.159 e. The Morgan fingerprint density at radius 2 is 1.25 bits per heavy atom. The van der Waals surface area contributed by atoms with Gasteiger partial charge in [0.15, 0.2) is 23.0 Å². The Morgan fingerprint density at radius 3 is 1.98 bits per heavy atom. The standard InChI is InChI=1S/C27H27NO.C26H27NO/c1-5-12-27(2,3)22-10-11-23-26(17-22)29-25-16-21-14-19-9-7-6-8-18(19)13-20(21)15-24(25)28(23)4;1-6-16(2)17-11-9-13-21-24(17)28-25-22(27(21)5)15-14-20-23(25)18-10-7-8-12-19(18)26(20,3)4/h6-11,13-17H,5,12H2,1-4H3;7-16H,6H2,1-5H3. The first-order valence-electron chi connectivity index (χ1n) is 20.8. The third kappa shape index (κ3) is 5.95. The molecule has 1 unspecified atom stereocenters. The fourth-order valence-electron chi connectivity index (χ4n) is 9.49. The Balaban J connectivity index is 0.000000148. The van der Waals surface area contributed by atoms with Crippen LogP contribution in [0.5, 0.6) is 23.0 Å². The van der Waals surface area contributed by atoms with Crippen molar-refractivity contribution in [2.75, 3.05) is 23.9 Å². The van der Waals surface area contributed by atoms with Gasteiger partial charge in [-0.15, -0.1) is 0 Å². The molecule has 2 heterocycles. The summed E-state index contributed by atoms with van der Waals surface area (Å²) in [5, 5.41) is 4.97. The molecule has 10 rings (SSSR count). The van der Waals surface area contributed by atoms with Crippen LogP contribution in [0.25, 0.3) is 32.7 Å². The van der Waals surface area contributed by atoms with Crippen LogP contribution in [0.3, 0.4) is 0 Å². The van der Waals surface area contributed by atoms with Crippen LogP contribution >= 0.6 is 0 Å². The van der Waals surface area contributed by atoms with Crippen molar-refractivity contribution >= 4 is 44.3 Å². The highest BCUT2D eigenvalue weighted by molar-refractivity contribution is 6.01. The Bertz CT molecular complexity index is 2710. The second-order valence-corrected chi connectivity index (χ2v) is 17.5. The summed E-state index contributed by atoms with van der Waals surface area (Å²) in [6, 6.07) is 44.0. The van der Waals surface area contributed by atoms with Gasteiger partial charge < -0.3 is 19.3 Å². The van der Waals surface area contributed by atoms with Crippen molar-refractivity contribution in [1.29, 1.82) is 0 Å². The zero-order valence-electron chi connectivity index (χ0n) is 35.0. The largest absolute Gasteiger partial charge is 0.453 e. The number of hydrogen-bond donors (Lipinski definition) is 0. The average Bonchev–Trinajstić information content (AvgIpc) is 3.45. The molecule has 0 bridgehead atoms. The number of benzene rings is 7. The average molecular weight is 751 g/mol. The van der Waals surface area contributed by atoms with Gasteiger partial charge in [0, 0.05) is 25.1 Å². The Kier molecular flexibility index (Phi) is 8.88. The summed E-state index contributed by atoms with van der Waals surface area (Å²) in [5.74, 6) is 4.35. The lowest BCUT2D eigenvalue weighted by Gasteiger charge is -2.33. The maximum absolute atomic E-state index is 6.75. The van der Waals surface area contributed by atoms with Crippen LogP contribution < -0.4 is 19.3 Å². The first kappa shape index (κ1) is 36.9. The summed E-state index contributed by atoms with van der Waals surface area (Å²) in [6.45, 7) is 16.0. The molecule has 1 atom stereocenters. The third-order valence-electron chi connectivity index (χ3n) is 13.1. The molecule has 0 amide bonds. The second-order valence-electron chi connectivity index (χ2n) is 17.5. The molecule has 0 N–H and O–H groups in total. The van der Waals surface area contributed by atoms with E-state index >= 15 is 0 Å². The number of para-hydroxylation sites is 1. The van der Waals surface area contributed by atoms with Gasteiger partial charge >= 0.3 is 0 Å². The molecule has 57 heavy (non-hydrogen) atoms. The van der Waals surface area contributed by atoms with Gasteiger partial charge in [0.1, 0.15) is 0 Å². The van der Waals surface area contributed by atoms with Gasteiger partial charge in [0.25, 0.3) is 0 Å². The molecule has 2 aliphatic heterocycles. The molecule has 3 aliphatic rings. The van der Waals surface area contributed by atoms with Crippen LogP contribution in [-0.4, -0.2) is 14.1 Å². The highest BCUT2D eigenvalue weighted by atomic mass is 16.5. The molecule has 4 nitrogen and oxygen atoms in total. The summed E-state index contributed by atoms with van der Waals surface area (Å²) in [4.78, 5) is 4.54. The third-order valence-corrected chi connectivity index (χ3v) is 13.1. The van der Waals surface area contributed by atoms with Crippen LogP contribution in [0.2, 0.25) is 0 Å². The second kappa shape index (κ2) is 13.7. The SMILES string of the molecule is CCC(C)c1cccc2c1Oc1c(ccc3c1-c1ccccc1C3(C)C)N2C.CCCC(C)(C)c1ccc2c(c1)Oc1cc3cc4ccccc4cc3cc1N2C. The van der Waals surface area contributed by atoms with E-state index in [-0.39, 0.29) is 10.8 Å². The smallest absolute Gasteiger partial charge is 0.159 e. The van der Waals surface area contributed by atoms with E-state index in [1.165, 1.54) is 61.3 Å². The predicted octanol–water partition coefficient (Wildman–Crippen LogP) is 15.3. The first-order valence-corrected chi connectivity index (χ1v) is 20.8. The number of anilines is 4. The zero-order chi connectivity index (χ0) is 39.8. The maximum atomic E-state index is 6.75. The minimum Gasteiger partial charge on any atom is -0.453 e. The van der Waals surface area contributed by atoms with Crippen molar-refractivity contribution in [3.05, 3.63) is 144 Å². The molecule has 1 aliphatic carbocycles. The minimum atomic E-state index is -0.0145. The topological polar surface area (TPSA) is 24.9 Å². The molecule has 288 valence electrons. The highest BCUT2D eigenvalue weighted by Crippen LogP contribution is 2.59. The van der Waals surface area contributed by atoms with Gasteiger partial charge in [-0.1, -0.05) is 128 Å². The van der Waals surface area contributed by atoms with Crippen molar-refractivity contribution < 1.29 is 9.47 Å². The van der Waals surface area contributed by atoms with Crippen molar-refractivity contribution in [3.8, 4) is 34.1 Å². The van der Waals surface area contributed by atoms with E-state index in [4.69, 9.17) is 9.47 Å². The van der Waals surface area contributed by atoms with E-state index in [2.05, 4.69) is 194 Å². The van der Waals surface area contributed by atoms with Gasteiger partial charge in [0.2, 0.25) is 0 Å². The van der Waals surface area contributed by atoms with E-state index in [1.54, 1.807) is 0 Å². The lowest BCUT2D eigenvalue weighted by atomic mass is 9.80. The highest BCUT2D eigenvalue weighted by Gasteiger charge is 2.40. The fourth-order valence-corrected chi connectivity index (χ4v) is 9.49. The van der Waals surface area contributed by atoms with Gasteiger partial charge in [-0.05, 0) is 122 Å². The molecule has 0 saturated carbocycles.